The second-order valence-corrected chi connectivity index (χ2v) is 10.6. The third-order valence-corrected chi connectivity index (χ3v) is 7.13. The number of nitrogens with one attached hydrogen (secondary N) is 1. The number of methoxy groups -OCH3 is 1. The van der Waals surface area contributed by atoms with E-state index < -0.39 is 16.1 Å². The van der Waals surface area contributed by atoms with Crippen LogP contribution in [0.5, 0.6) is 5.75 Å². The van der Waals surface area contributed by atoms with Gasteiger partial charge < -0.3 is 15.0 Å². The number of aryl methyl sites for hydroxylation is 1. The molecule has 10 heteroatoms. The molecule has 0 aliphatic rings. The summed E-state index contributed by atoms with van der Waals surface area (Å²) < 4.78 is 31.3. The summed E-state index contributed by atoms with van der Waals surface area (Å²) in [6, 6.07) is 11.9. The number of anilines is 1. The molecular formula is C25H34ClN3O5S. The lowest BCUT2D eigenvalue weighted by Gasteiger charge is -2.31. The van der Waals surface area contributed by atoms with Crippen LogP contribution in [0.25, 0.3) is 0 Å². The SMILES string of the molecule is CC[C@H](C(=O)NC)N(Cc1cccc(C)c1)C(=O)CCCN(c1ccc(OC)c(Cl)c1)S(C)(=O)=O. The smallest absolute Gasteiger partial charge is 0.242 e. The number of ether oxygens (including phenoxy) is 1. The molecule has 0 unspecified atom stereocenters. The molecule has 0 bridgehead atoms. The maximum absolute atomic E-state index is 13.3. The van der Waals surface area contributed by atoms with Gasteiger partial charge in [0.2, 0.25) is 21.8 Å². The van der Waals surface area contributed by atoms with Gasteiger partial charge in [0.05, 0.1) is 24.1 Å². The predicted octanol–water partition coefficient (Wildman–Crippen LogP) is 3.76. The number of carbonyl (C=O) groups excluding carboxylic acids is 2. The van der Waals surface area contributed by atoms with E-state index in [-0.39, 0.29) is 42.8 Å². The number of likely N-dealkylation sites (N-methyl/N-ethyl adjacent to an activating group) is 1. The van der Waals surface area contributed by atoms with Crippen molar-refractivity contribution in [2.24, 2.45) is 0 Å². The Labute approximate surface area is 213 Å². The van der Waals surface area contributed by atoms with Crippen LogP contribution in [0.4, 0.5) is 5.69 Å². The standard InChI is InChI=1S/C25H34ClN3O5S/c1-6-22(25(31)27-3)28(17-19-10-7-9-18(2)15-19)24(30)11-8-14-29(35(5,32)33)20-12-13-23(34-4)21(26)16-20/h7,9-10,12-13,15-16,22H,6,8,11,14,17H2,1-5H3,(H,27,31)/t22-/m1/s1. The largest absolute Gasteiger partial charge is 0.495 e. The zero-order chi connectivity index (χ0) is 26.2. The fraction of sp³-hybridized carbons (Fsp3) is 0.440. The fourth-order valence-corrected chi connectivity index (χ4v) is 5.12. The van der Waals surface area contributed by atoms with Gasteiger partial charge >= 0.3 is 0 Å². The summed E-state index contributed by atoms with van der Waals surface area (Å²) in [5.74, 6) is -0.0204. The third-order valence-electron chi connectivity index (χ3n) is 5.64. The quantitative estimate of drug-likeness (QED) is 0.457. The highest BCUT2D eigenvalue weighted by Gasteiger charge is 2.28. The molecule has 0 aliphatic carbocycles. The number of nitrogens with zero attached hydrogens (tertiary/aromatic N) is 2. The summed E-state index contributed by atoms with van der Waals surface area (Å²) in [6.07, 6.45) is 1.91. The monoisotopic (exact) mass is 523 g/mol. The van der Waals surface area contributed by atoms with Gasteiger partial charge in [-0.25, -0.2) is 8.42 Å². The van der Waals surface area contributed by atoms with Gasteiger partial charge in [0, 0.05) is 26.6 Å². The van der Waals surface area contributed by atoms with Crippen molar-refractivity contribution in [2.75, 3.05) is 31.3 Å². The Morgan fingerprint density at radius 2 is 1.89 bits per heavy atom. The van der Waals surface area contributed by atoms with Crippen molar-refractivity contribution in [3.8, 4) is 5.75 Å². The molecule has 35 heavy (non-hydrogen) atoms. The van der Waals surface area contributed by atoms with Crippen LogP contribution in [0.2, 0.25) is 5.02 Å². The van der Waals surface area contributed by atoms with Crippen LogP contribution in [0.1, 0.15) is 37.3 Å². The van der Waals surface area contributed by atoms with Crippen molar-refractivity contribution >= 4 is 39.1 Å². The molecule has 192 valence electrons. The number of halogens is 1. The second-order valence-electron chi connectivity index (χ2n) is 8.31. The van der Waals surface area contributed by atoms with Crippen molar-refractivity contribution in [3.63, 3.8) is 0 Å². The normalized spacial score (nSPS) is 12.1. The second kappa shape index (κ2) is 12.8. The number of rotatable bonds is 12. The van der Waals surface area contributed by atoms with Crippen molar-refractivity contribution in [1.29, 1.82) is 0 Å². The van der Waals surface area contributed by atoms with Gasteiger partial charge in [-0.3, -0.25) is 13.9 Å². The highest BCUT2D eigenvalue weighted by Crippen LogP contribution is 2.30. The summed E-state index contributed by atoms with van der Waals surface area (Å²) in [7, 11) is -0.596. The summed E-state index contributed by atoms with van der Waals surface area (Å²) in [4.78, 5) is 27.4. The first-order chi connectivity index (χ1) is 16.5. The minimum Gasteiger partial charge on any atom is -0.495 e. The molecule has 0 saturated heterocycles. The lowest BCUT2D eigenvalue weighted by molar-refractivity contribution is -0.141. The van der Waals surface area contributed by atoms with Crippen molar-refractivity contribution < 1.29 is 22.7 Å². The first kappa shape index (κ1) is 28.5. The van der Waals surface area contributed by atoms with Crippen LogP contribution in [0.3, 0.4) is 0 Å². The first-order valence-electron chi connectivity index (χ1n) is 11.4. The average Bonchev–Trinajstić information content (AvgIpc) is 2.80. The zero-order valence-electron chi connectivity index (χ0n) is 20.9. The summed E-state index contributed by atoms with van der Waals surface area (Å²) >= 11 is 6.19. The molecular weight excluding hydrogens is 490 g/mol. The number of hydrogen-bond donors (Lipinski definition) is 1. The number of sulfonamides is 1. The molecule has 2 aromatic carbocycles. The van der Waals surface area contributed by atoms with E-state index in [4.69, 9.17) is 16.3 Å². The molecule has 2 aromatic rings. The summed E-state index contributed by atoms with van der Waals surface area (Å²) in [5.41, 5.74) is 2.37. The third kappa shape index (κ3) is 7.86. The number of amides is 2. The van der Waals surface area contributed by atoms with Crippen LogP contribution < -0.4 is 14.4 Å². The first-order valence-corrected chi connectivity index (χ1v) is 13.6. The molecule has 1 atom stereocenters. The molecule has 0 heterocycles. The molecule has 0 radical (unpaired) electrons. The van der Waals surface area contributed by atoms with Crippen molar-refractivity contribution in [1.82, 2.24) is 10.2 Å². The Balaban J connectivity index is 2.21. The van der Waals surface area contributed by atoms with Gasteiger partial charge in [-0.15, -0.1) is 0 Å². The van der Waals surface area contributed by atoms with E-state index in [9.17, 15) is 18.0 Å². The van der Waals surface area contributed by atoms with Crippen molar-refractivity contribution in [2.45, 2.75) is 45.7 Å². The predicted molar refractivity (Wildman–Crippen MR) is 139 cm³/mol. The van der Waals surface area contributed by atoms with Crippen molar-refractivity contribution in [3.05, 3.63) is 58.6 Å². The van der Waals surface area contributed by atoms with E-state index in [2.05, 4.69) is 5.32 Å². The van der Waals surface area contributed by atoms with E-state index in [0.717, 1.165) is 17.4 Å². The van der Waals surface area contributed by atoms with Gasteiger partial charge in [0.15, 0.2) is 0 Å². The van der Waals surface area contributed by atoms with Gasteiger partial charge in [-0.1, -0.05) is 48.4 Å². The number of hydrogen-bond acceptors (Lipinski definition) is 5. The van der Waals surface area contributed by atoms with E-state index in [0.29, 0.717) is 17.9 Å². The maximum atomic E-state index is 13.3. The number of benzene rings is 2. The van der Waals surface area contributed by atoms with E-state index in [1.54, 1.807) is 24.1 Å². The molecule has 8 nitrogen and oxygen atoms in total. The van der Waals surface area contributed by atoms with Crippen LogP contribution in [-0.2, 0) is 26.2 Å². The Morgan fingerprint density at radius 3 is 2.43 bits per heavy atom. The van der Waals surface area contributed by atoms with Gasteiger partial charge in [-0.05, 0) is 43.5 Å². The zero-order valence-corrected chi connectivity index (χ0v) is 22.4. The fourth-order valence-electron chi connectivity index (χ4n) is 3.91. The maximum Gasteiger partial charge on any atom is 0.242 e. The molecule has 0 aromatic heterocycles. The molecule has 2 rings (SSSR count). The van der Waals surface area contributed by atoms with Gasteiger partial charge in [0.1, 0.15) is 11.8 Å². The molecule has 2 amide bonds. The Bertz CT molecular complexity index is 1140. The van der Waals surface area contributed by atoms with Crippen LogP contribution >= 0.6 is 11.6 Å². The summed E-state index contributed by atoms with van der Waals surface area (Å²) in [6.45, 7) is 4.20. The Morgan fingerprint density at radius 1 is 1.17 bits per heavy atom. The molecule has 0 fully saturated rings. The van der Waals surface area contributed by atoms with Gasteiger partial charge in [-0.2, -0.15) is 0 Å². The highest BCUT2D eigenvalue weighted by molar-refractivity contribution is 7.92. The topological polar surface area (TPSA) is 96.0 Å². The minimum absolute atomic E-state index is 0.0786. The minimum atomic E-state index is -3.62. The summed E-state index contributed by atoms with van der Waals surface area (Å²) in [5, 5.41) is 2.92. The Kier molecular flexibility index (Phi) is 10.4. The Hall–Kier alpha value is -2.78. The number of carbonyl (C=O) groups is 2. The van der Waals surface area contributed by atoms with E-state index in [1.807, 2.05) is 38.1 Å². The molecule has 0 saturated carbocycles. The van der Waals surface area contributed by atoms with E-state index in [1.165, 1.54) is 17.5 Å². The van der Waals surface area contributed by atoms with Crippen LogP contribution in [-0.4, -0.2) is 58.1 Å². The van der Waals surface area contributed by atoms with E-state index >= 15 is 0 Å². The molecule has 0 spiro atoms. The highest BCUT2D eigenvalue weighted by atomic mass is 35.5. The molecule has 0 aliphatic heterocycles. The average molecular weight is 524 g/mol. The lowest BCUT2D eigenvalue weighted by atomic mass is 10.1. The van der Waals surface area contributed by atoms with Crippen LogP contribution in [0, 0.1) is 6.92 Å². The van der Waals surface area contributed by atoms with Gasteiger partial charge in [0.25, 0.3) is 0 Å². The molecule has 1 N–H and O–H groups in total. The lowest BCUT2D eigenvalue weighted by Crippen LogP contribution is -2.48. The van der Waals surface area contributed by atoms with Crippen LogP contribution in [0.15, 0.2) is 42.5 Å².